The molecule has 2 fully saturated rings. The summed E-state index contributed by atoms with van der Waals surface area (Å²) in [5.41, 5.74) is 5.35. The molecule has 162 valence electrons. The summed E-state index contributed by atoms with van der Waals surface area (Å²) >= 11 is 0. The second-order valence-electron chi connectivity index (χ2n) is 9.46. The van der Waals surface area contributed by atoms with Gasteiger partial charge in [0.15, 0.2) is 0 Å². The van der Waals surface area contributed by atoms with E-state index in [-0.39, 0.29) is 5.91 Å². The van der Waals surface area contributed by atoms with Crippen molar-refractivity contribution in [2.24, 2.45) is 17.8 Å². The molecule has 4 nitrogen and oxygen atoms in total. The van der Waals surface area contributed by atoms with Gasteiger partial charge in [-0.1, -0.05) is 36.4 Å². The summed E-state index contributed by atoms with van der Waals surface area (Å²) in [7, 11) is 1.63. The fourth-order valence-corrected chi connectivity index (χ4v) is 6.52. The van der Waals surface area contributed by atoms with Crippen LogP contribution in [0.15, 0.2) is 72.8 Å². The van der Waals surface area contributed by atoms with Crippen molar-refractivity contribution in [3.63, 3.8) is 0 Å². The van der Waals surface area contributed by atoms with Gasteiger partial charge in [0.05, 0.1) is 13.2 Å². The number of hydrogen-bond acceptors (Lipinski definition) is 3. The van der Waals surface area contributed by atoms with Crippen LogP contribution in [0.1, 0.15) is 52.7 Å². The van der Waals surface area contributed by atoms with Crippen LogP contribution in [0.25, 0.3) is 0 Å². The number of carbonyl (C=O) groups excluding carboxylic acids is 1. The number of methoxy groups -OCH3 is 1. The summed E-state index contributed by atoms with van der Waals surface area (Å²) in [5, 5.41) is 6.88. The van der Waals surface area contributed by atoms with E-state index in [1.54, 1.807) is 7.11 Å². The van der Waals surface area contributed by atoms with Gasteiger partial charge >= 0.3 is 0 Å². The first-order valence-electron chi connectivity index (χ1n) is 11.6. The molecular weight excluding hydrogens is 396 g/mol. The number of anilines is 2. The molecule has 1 heterocycles. The Bertz CT molecular complexity index is 1160. The smallest absolute Gasteiger partial charge is 0.255 e. The van der Waals surface area contributed by atoms with Gasteiger partial charge in [-0.25, -0.2) is 0 Å². The van der Waals surface area contributed by atoms with E-state index in [0.29, 0.717) is 23.4 Å². The third-order valence-corrected chi connectivity index (χ3v) is 7.84. The topological polar surface area (TPSA) is 50.4 Å². The maximum atomic E-state index is 13.1. The predicted octanol–water partition coefficient (Wildman–Crippen LogP) is 6.24. The highest BCUT2D eigenvalue weighted by Gasteiger charge is 2.53. The molecule has 0 radical (unpaired) electrons. The first-order chi connectivity index (χ1) is 15.7. The fourth-order valence-electron chi connectivity index (χ4n) is 6.52. The number of hydrogen-bond donors (Lipinski definition) is 2. The van der Waals surface area contributed by atoms with Crippen molar-refractivity contribution in [2.75, 3.05) is 17.7 Å². The Labute approximate surface area is 189 Å². The minimum Gasteiger partial charge on any atom is -0.497 e. The molecule has 4 heteroatoms. The van der Waals surface area contributed by atoms with Crippen LogP contribution < -0.4 is 15.4 Å². The van der Waals surface area contributed by atoms with E-state index in [9.17, 15) is 4.79 Å². The molecule has 2 aliphatic carbocycles. The van der Waals surface area contributed by atoms with Gasteiger partial charge in [-0.05, 0) is 84.4 Å². The first kappa shape index (κ1) is 19.4. The van der Waals surface area contributed by atoms with Crippen LogP contribution in [0.4, 0.5) is 11.4 Å². The normalized spacial score (nSPS) is 27.2. The second kappa shape index (κ2) is 7.70. The first-order valence-corrected chi connectivity index (χ1v) is 11.6. The van der Waals surface area contributed by atoms with Crippen LogP contribution in [0.2, 0.25) is 0 Å². The number of carbonyl (C=O) groups is 1. The third-order valence-electron chi connectivity index (χ3n) is 7.84. The van der Waals surface area contributed by atoms with Crippen LogP contribution >= 0.6 is 0 Å². The number of ether oxygens (including phenoxy) is 1. The molecule has 0 spiro atoms. The van der Waals surface area contributed by atoms with Crippen molar-refractivity contribution in [3.8, 4) is 5.75 Å². The Balaban J connectivity index is 1.33. The predicted molar refractivity (Wildman–Crippen MR) is 127 cm³/mol. The summed E-state index contributed by atoms with van der Waals surface area (Å²) in [6.07, 6.45) is 3.97. The third kappa shape index (κ3) is 3.17. The molecule has 5 atom stereocenters. The molecule has 0 unspecified atom stereocenters. The molecule has 3 aromatic rings. The van der Waals surface area contributed by atoms with Crippen LogP contribution in [0.5, 0.6) is 5.75 Å². The van der Waals surface area contributed by atoms with Gasteiger partial charge in [-0.3, -0.25) is 4.79 Å². The van der Waals surface area contributed by atoms with Gasteiger partial charge < -0.3 is 15.4 Å². The van der Waals surface area contributed by atoms with E-state index < -0.39 is 0 Å². The molecule has 3 aromatic carbocycles. The monoisotopic (exact) mass is 424 g/mol. The lowest BCUT2D eigenvalue weighted by Crippen LogP contribution is -2.35. The average Bonchev–Trinajstić information content (AvgIpc) is 3.47. The Hall–Kier alpha value is -3.27. The van der Waals surface area contributed by atoms with Gasteiger partial charge in [0.25, 0.3) is 5.91 Å². The van der Waals surface area contributed by atoms with Crippen molar-refractivity contribution >= 4 is 17.3 Å². The van der Waals surface area contributed by atoms with E-state index in [4.69, 9.17) is 4.74 Å². The molecule has 3 aliphatic rings. The molecule has 6 rings (SSSR count). The van der Waals surface area contributed by atoms with Crippen molar-refractivity contribution in [1.82, 2.24) is 0 Å². The van der Waals surface area contributed by atoms with Crippen LogP contribution in [-0.4, -0.2) is 13.0 Å². The summed E-state index contributed by atoms with van der Waals surface area (Å²) in [6.45, 7) is 0. The van der Waals surface area contributed by atoms with Gasteiger partial charge in [0.2, 0.25) is 0 Å². The lowest BCUT2D eigenvalue weighted by atomic mass is 9.68. The fraction of sp³-hybridized carbons (Fsp3) is 0.321. The molecule has 0 aromatic heterocycles. The molecule has 2 saturated carbocycles. The van der Waals surface area contributed by atoms with Crippen molar-refractivity contribution < 1.29 is 9.53 Å². The highest BCUT2D eigenvalue weighted by atomic mass is 16.5. The van der Waals surface area contributed by atoms with Crippen molar-refractivity contribution in [2.45, 2.75) is 31.2 Å². The Morgan fingerprint density at radius 1 is 0.969 bits per heavy atom. The quantitative estimate of drug-likeness (QED) is 0.521. The minimum atomic E-state index is -0.0778. The molecule has 1 amide bonds. The second-order valence-corrected chi connectivity index (χ2v) is 9.46. The van der Waals surface area contributed by atoms with E-state index in [0.717, 1.165) is 23.3 Å². The zero-order chi connectivity index (χ0) is 21.7. The van der Waals surface area contributed by atoms with Gasteiger partial charge in [0.1, 0.15) is 5.75 Å². The lowest BCUT2D eigenvalue weighted by molar-refractivity contribution is 0.102. The molecule has 2 N–H and O–H groups in total. The Kier molecular flexibility index (Phi) is 4.67. The van der Waals surface area contributed by atoms with E-state index >= 15 is 0 Å². The Morgan fingerprint density at radius 3 is 2.66 bits per heavy atom. The van der Waals surface area contributed by atoms with Crippen LogP contribution in [-0.2, 0) is 0 Å². The largest absolute Gasteiger partial charge is 0.497 e. The summed E-state index contributed by atoms with van der Waals surface area (Å²) in [5.74, 6) is 3.28. The van der Waals surface area contributed by atoms with E-state index in [2.05, 4.69) is 53.1 Å². The maximum absolute atomic E-state index is 13.1. The number of rotatable bonds is 4. The molecular formula is C28H28N2O2. The summed E-state index contributed by atoms with van der Waals surface area (Å²) < 4.78 is 5.28. The molecule has 0 saturated heterocycles. The van der Waals surface area contributed by atoms with Gasteiger partial charge in [-0.15, -0.1) is 0 Å². The SMILES string of the molecule is COc1cccc(NC(=O)c2ccc3c(c2)[C@@H]2[C@@H]4CC[C@H](C4)[C@@H]2[C@H](c2ccccc2)N3)c1. The summed E-state index contributed by atoms with van der Waals surface area (Å²) in [4.78, 5) is 13.1. The highest BCUT2D eigenvalue weighted by Crippen LogP contribution is 2.63. The highest BCUT2D eigenvalue weighted by molar-refractivity contribution is 6.04. The number of benzene rings is 3. The van der Waals surface area contributed by atoms with Crippen LogP contribution in [0, 0.1) is 17.8 Å². The van der Waals surface area contributed by atoms with Gasteiger partial charge in [-0.2, -0.15) is 0 Å². The zero-order valence-corrected chi connectivity index (χ0v) is 18.3. The molecule has 1 aliphatic heterocycles. The van der Waals surface area contributed by atoms with Crippen molar-refractivity contribution in [3.05, 3.63) is 89.5 Å². The standard InChI is InChI=1S/C28H28N2O2/c1-32-22-9-5-8-21(16-22)29-28(31)20-12-13-24-23(15-20)25-18-10-11-19(14-18)26(25)27(30-24)17-6-3-2-4-7-17/h2-9,12-13,15-16,18-19,25-27,30H,10-11,14H2,1H3,(H,29,31)/t18-,19-,25+,26+,27+/m1/s1. The zero-order valence-electron chi connectivity index (χ0n) is 18.3. The Morgan fingerprint density at radius 2 is 1.81 bits per heavy atom. The maximum Gasteiger partial charge on any atom is 0.255 e. The minimum absolute atomic E-state index is 0.0778. The number of fused-ring (bicyclic) bond motifs is 7. The lowest BCUT2D eigenvalue weighted by Gasteiger charge is -2.43. The van der Waals surface area contributed by atoms with Gasteiger partial charge in [0, 0.05) is 23.0 Å². The van der Waals surface area contributed by atoms with E-state index in [1.165, 1.54) is 36.1 Å². The molecule has 2 bridgehead atoms. The van der Waals surface area contributed by atoms with Crippen molar-refractivity contribution in [1.29, 1.82) is 0 Å². The van der Waals surface area contributed by atoms with E-state index in [1.807, 2.05) is 30.3 Å². The number of amides is 1. The molecule has 32 heavy (non-hydrogen) atoms. The number of nitrogens with one attached hydrogen (secondary N) is 2. The average molecular weight is 425 g/mol. The summed E-state index contributed by atoms with van der Waals surface area (Å²) in [6, 6.07) is 24.9. The van der Waals surface area contributed by atoms with Crippen LogP contribution in [0.3, 0.4) is 0 Å².